The van der Waals surface area contributed by atoms with Crippen molar-refractivity contribution in [1.82, 2.24) is 23.9 Å². The number of nitrogens with two attached hydrogens (primary N) is 1. The van der Waals surface area contributed by atoms with Crippen LogP contribution >= 0.6 is 15.6 Å². The molecule has 46 heavy (non-hydrogen) atoms. The number of primary amides is 1. The number of hydrogen-bond donors (Lipinski definition) is 6. The molecule has 0 radical (unpaired) electrons. The monoisotopic (exact) mass is 687 g/mol. The molecule has 0 aromatic carbocycles. The minimum Gasteiger partial charge on any atom is -0.756 e. The molecule has 6 rings (SSSR count). The highest BCUT2D eigenvalue weighted by Gasteiger charge is 2.49. The van der Waals surface area contributed by atoms with Crippen molar-refractivity contribution in [3.63, 3.8) is 0 Å². The quantitative estimate of drug-likeness (QED) is 0.0677. The fourth-order valence-corrected chi connectivity index (χ4v) is 7.10. The number of ether oxygens (including phenoxy) is 2. The molecule has 0 aliphatic carbocycles. The smallest absolute Gasteiger partial charge is 0.478 e. The fraction of sp³-hybridized carbons (Fsp3) is 0.435. The third kappa shape index (κ3) is 6.34. The van der Waals surface area contributed by atoms with Gasteiger partial charge in [0.05, 0.1) is 19.5 Å². The van der Waals surface area contributed by atoms with Crippen molar-refractivity contribution in [2.45, 2.75) is 49.1 Å². The number of aromatic nitrogens is 6. The Bertz CT molecular complexity index is 1860. The first-order valence-corrected chi connectivity index (χ1v) is 16.3. The maximum Gasteiger partial charge on any atom is 0.478 e. The predicted octanol–water partition coefficient (Wildman–Crippen LogP) is -2.98. The van der Waals surface area contributed by atoms with Gasteiger partial charge in [0.2, 0.25) is 0 Å². The van der Waals surface area contributed by atoms with E-state index in [1.165, 1.54) is 52.5 Å². The van der Waals surface area contributed by atoms with Gasteiger partial charge in [0.15, 0.2) is 41.5 Å². The molecule has 0 saturated carbocycles. The number of phosphoric acid groups is 2. The number of hydrogen-bond acceptors (Lipinski definition) is 16. The van der Waals surface area contributed by atoms with Gasteiger partial charge < -0.3 is 49.9 Å². The van der Waals surface area contributed by atoms with E-state index in [1.54, 1.807) is 10.6 Å². The molecule has 0 spiro atoms. The molecule has 4 aromatic heterocycles. The molecule has 23 heteroatoms. The van der Waals surface area contributed by atoms with Crippen LogP contribution in [0, 0.1) is 0 Å². The summed E-state index contributed by atoms with van der Waals surface area (Å²) in [6, 6.07) is 2.83. The highest BCUT2D eigenvalue weighted by Crippen LogP contribution is 2.58. The summed E-state index contributed by atoms with van der Waals surface area (Å²) in [6.07, 6.45) is -3.37. The summed E-state index contributed by atoms with van der Waals surface area (Å²) in [6.45, 7) is -1.87. The van der Waals surface area contributed by atoms with Gasteiger partial charge >= 0.3 is 7.82 Å². The lowest BCUT2D eigenvalue weighted by Crippen LogP contribution is -2.46. The second-order valence-electron chi connectivity index (χ2n) is 10.3. The number of nitrogens with zero attached hydrogens (tertiary/aromatic N) is 6. The van der Waals surface area contributed by atoms with Gasteiger partial charge in [-0.1, -0.05) is 0 Å². The Morgan fingerprint density at radius 1 is 1.00 bits per heavy atom. The van der Waals surface area contributed by atoms with Crippen molar-refractivity contribution in [2.24, 2.45) is 5.73 Å². The normalized spacial score (nSPS) is 30.9. The van der Waals surface area contributed by atoms with E-state index < -0.39 is 83.8 Å². The van der Waals surface area contributed by atoms with E-state index in [2.05, 4.69) is 23.8 Å². The molecule has 2 saturated heterocycles. The van der Waals surface area contributed by atoms with Gasteiger partial charge in [0.25, 0.3) is 20.0 Å². The van der Waals surface area contributed by atoms with Crippen LogP contribution in [0.4, 0.5) is 0 Å². The number of aliphatic hydroxyl groups excluding tert-OH is 4. The van der Waals surface area contributed by atoms with Crippen LogP contribution in [0.15, 0.2) is 49.6 Å². The number of fused-ring (bicyclic) bond motifs is 3. The van der Waals surface area contributed by atoms with E-state index in [4.69, 9.17) is 19.7 Å². The largest absolute Gasteiger partial charge is 0.756 e. The number of imidazole rings is 2. The summed E-state index contributed by atoms with van der Waals surface area (Å²) in [4.78, 5) is 46.5. The van der Waals surface area contributed by atoms with Crippen molar-refractivity contribution in [3.05, 3.63) is 55.1 Å². The Labute approximate surface area is 257 Å². The number of phosphoric ester groups is 2. The third-order valence-electron chi connectivity index (χ3n) is 7.30. The molecule has 0 bridgehead atoms. The first-order valence-electron chi connectivity index (χ1n) is 13.4. The first-order chi connectivity index (χ1) is 21.7. The van der Waals surface area contributed by atoms with Crippen LogP contribution in [0.5, 0.6) is 0 Å². The SMILES string of the molecule is NC(=O)c1ccc[n+](C2OC(COP(=O)([O-])OP(=O)(O)OCC3OC(n4cnc5c4ncn4ccnc54)C(O)C3O)C(O)C2O)c1. The molecule has 21 nitrogen and oxygen atoms in total. The number of rotatable bonds is 11. The maximum atomic E-state index is 12.5. The van der Waals surface area contributed by atoms with E-state index in [1.807, 2.05) is 0 Å². The summed E-state index contributed by atoms with van der Waals surface area (Å²) in [5.41, 5.74) is 6.40. The molecule has 4 aromatic rings. The van der Waals surface area contributed by atoms with Crippen molar-refractivity contribution < 1.29 is 71.5 Å². The van der Waals surface area contributed by atoms with Crippen LogP contribution in [-0.2, 0) is 32.0 Å². The number of aliphatic hydroxyl groups is 4. The van der Waals surface area contributed by atoms with E-state index in [0.29, 0.717) is 11.2 Å². The average molecular weight is 687 g/mol. The van der Waals surface area contributed by atoms with Gasteiger partial charge in [0.1, 0.15) is 42.4 Å². The summed E-state index contributed by atoms with van der Waals surface area (Å²) >= 11 is 0. The zero-order valence-electron chi connectivity index (χ0n) is 23.2. The number of pyridine rings is 1. The maximum absolute atomic E-state index is 12.5. The van der Waals surface area contributed by atoms with E-state index >= 15 is 0 Å². The molecule has 2 aliphatic heterocycles. The van der Waals surface area contributed by atoms with Crippen molar-refractivity contribution in [3.8, 4) is 0 Å². The lowest BCUT2D eigenvalue weighted by Gasteiger charge is -2.26. The van der Waals surface area contributed by atoms with E-state index in [0.717, 1.165) is 0 Å². The molecule has 7 N–H and O–H groups in total. The minimum atomic E-state index is -5.62. The van der Waals surface area contributed by atoms with Crippen LogP contribution in [0.2, 0.25) is 0 Å². The molecule has 2 fully saturated rings. The molecule has 10 unspecified atom stereocenters. The Kier molecular flexibility index (Phi) is 8.80. The molecule has 6 heterocycles. The zero-order chi connectivity index (χ0) is 33.0. The lowest BCUT2D eigenvalue weighted by molar-refractivity contribution is -0.765. The van der Waals surface area contributed by atoms with Gasteiger partial charge in [-0.15, -0.1) is 0 Å². The zero-order valence-corrected chi connectivity index (χ0v) is 25.0. The average Bonchev–Trinajstić information content (AvgIpc) is 3.77. The molecule has 248 valence electrons. The molecule has 2 aliphatic rings. The highest BCUT2D eigenvalue weighted by atomic mass is 31.3. The number of carbonyl (C=O) groups is 1. The Morgan fingerprint density at radius 3 is 2.48 bits per heavy atom. The molecule has 1 amide bonds. The summed E-state index contributed by atoms with van der Waals surface area (Å²) in [7, 11) is -11.1. The van der Waals surface area contributed by atoms with Crippen LogP contribution in [0.3, 0.4) is 0 Å². The lowest BCUT2D eigenvalue weighted by atomic mass is 10.1. The minimum absolute atomic E-state index is 0.0626. The van der Waals surface area contributed by atoms with Gasteiger partial charge in [0, 0.05) is 18.5 Å². The van der Waals surface area contributed by atoms with Crippen molar-refractivity contribution in [1.29, 1.82) is 0 Å². The Balaban J connectivity index is 1.04. The molecular weight excluding hydrogens is 660 g/mol. The Hall–Kier alpha value is -3.27. The summed E-state index contributed by atoms with van der Waals surface area (Å²) in [5.74, 6) is -0.770. The van der Waals surface area contributed by atoms with Crippen molar-refractivity contribution in [2.75, 3.05) is 13.2 Å². The molecular formula is C23H27N7O14P2. The summed E-state index contributed by atoms with van der Waals surface area (Å²) in [5, 5.41) is 41.9. The fourth-order valence-electron chi connectivity index (χ4n) is 5.05. The Morgan fingerprint density at radius 2 is 1.72 bits per heavy atom. The highest BCUT2D eigenvalue weighted by molar-refractivity contribution is 7.60. The van der Waals surface area contributed by atoms with E-state index in [-0.39, 0.29) is 11.2 Å². The second-order valence-corrected chi connectivity index (χ2v) is 13.3. The third-order valence-corrected chi connectivity index (χ3v) is 9.87. The van der Waals surface area contributed by atoms with Gasteiger partial charge in [-0.25, -0.2) is 23.8 Å². The summed E-state index contributed by atoms with van der Waals surface area (Å²) < 4.78 is 53.6. The van der Waals surface area contributed by atoms with Crippen molar-refractivity contribution >= 4 is 38.4 Å². The number of carbonyl (C=O) groups excluding carboxylic acids is 1. The predicted molar refractivity (Wildman–Crippen MR) is 144 cm³/mol. The molecule has 10 atom stereocenters. The number of amides is 1. The van der Waals surface area contributed by atoms with Gasteiger partial charge in [-0.2, -0.15) is 4.57 Å². The standard InChI is InChI=1S/C23H27N7O14P2/c24-19(35)11-2-1-4-28(6-11)22-17(33)15(31)12(42-22)7-40-45(36,37)44-46(38,39)41-8-13-16(32)18(34)23(43-13)30-10-26-14-20-25-3-5-29(20)9-27-21(14)30/h1-6,9-10,12-13,15-18,22-23,31-34H,7-8H2,(H3-,24,35,36,37,38,39). The van der Waals surface area contributed by atoms with E-state index in [9.17, 15) is 44.1 Å². The van der Waals surface area contributed by atoms with Crippen LogP contribution in [0.25, 0.3) is 16.8 Å². The van der Waals surface area contributed by atoms with Crippen LogP contribution in [-0.4, -0.2) is 105 Å². The van der Waals surface area contributed by atoms with Crippen LogP contribution in [0.1, 0.15) is 22.8 Å². The first kappa shape index (κ1) is 32.7. The van der Waals surface area contributed by atoms with Gasteiger partial charge in [-0.05, 0) is 6.07 Å². The topological polar surface area (TPSA) is 299 Å². The second kappa shape index (κ2) is 12.4. The van der Waals surface area contributed by atoms with Gasteiger partial charge in [-0.3, -0.25) is 22.9 Å². The van der Waals surface area contributed by atoms with Crippen LogP contribution < -0.4 is 15.2 Å².